The Balaban J connectivity index is 1.48. The second-order valence-electron chi connectivity index (χ2n) is 6.22. The first-order chi connectivity index (χ1) is 11.3. The molecule has 1 saturated heterocycles. The van der Waals surface area contributed by atoms with E-state index < -0.39 is 0 Å². The van der Waals surface area contributed by atoms with Crippen molar-refractivity contribution in [3.8, 4) is 11.5 Å². The van der Waals surface area contributed by atoms with Crippen molar-refractivity contribution < 1.29 is 9.47 Å². The van der Waals surface area contributed by atoms with Crippen molar-refractivity contribution in [3.63, 3.8) is 0 Å². The zero-order chi connectivity index (χ0) is 15.5. The number of benzene rings is 2. The maximum Gasteiger partial charge on any atom is 0.130 e. The number of hydrogen-bond acceptors (Lipinski definition) is 3. The third-order valence-corrected chi connectivity index (χ3v) is 4.56. The quantitative estimate of drug-likeness (QED) is 0.936. The van der Waals surface area contributed by atoms with Gasteiger partial charge in [-0.15, -0.1) is 0 Å². The van der Waals surface area contributed by atoms with E-state index in [1.807, 2.05) is 30.3 Å². The maximum absolute atomic E-state index is 6.30. The van der Waals surface area contributed by atoms with Crippen molar-refractivity contribution in [2.75, 3.05) is 13.1 Å². The van der Waals surface area contributed by atoms with Crippen molar-refractivity contribution >= 4 is 6.08 Å². The molecule has 0 saturated carbocycles. The highest BCUT2D eigenvalue weighted by molar-refractivity contribution is 5.63. The van der Waals surface area contributed by atoms with Crippen molar-refractivity contribution in [2.24, 2.45) is 0 Å². The van der Waals surface area contributed by atoms with Gasteiger partial charge in [0.15, 0.2) is 0 Å². The average molecular weight is 307 g/mol. The fourth-order valence-corrected chi connectivity index (χ4v) is 3.19. The summed E-state index contributed by atoms with van der Waals surface area (Å²) in [6, 6.07) is 16.3. The van der Waals surface area contributed by atoms with Crippen LogP contribution < -0.4 is 14.8 Å². The van der Waals surface area contributed by atoms with Gasteiger partial charge in [0.2, 0.25) is 0 Å². The Morgan fingerprint density at radius 1 is 1.04 bits per heavy atom. The highest BCUT2D eigenvalue weighted by Crippen LogP contribution is 2.37. The van der Waals surface area contributed by atoms with Gasteiger partial charge in [0.25, 0.3) is 0 Å². The molecule has 0 unspecified atom stereocenters. The largest absolute Gasteiger partial charge is 0.489 e. The molecule has 1 N–H and O–H groups in total. The van der Waals surface area contributed by atoms with Crippen LogP contribution in [0.25, 0.3) is 6.08 Å². The van der Waals surface area contributed by atoms with Gasteiger partial charge >= 0.3 is 0 Å². The van der Waals surface area contributed by atoms with E-state index in [4.69, 9.17) is 9.47 Å². The van der Waals surface area contributed by atoms with Gasteiger partial charge in [-0.25, -0.2) is 0 Å². The van der Waals surface area contributed by atoms with Gasteiger partial charge in [-0.05, 0) is 42.9 Å². The van der Waals surface area contributed by atoms with Gasteiger partial charge in [0.1, 0.15) is 23.7 Å². The Bertz CT molecular complexity index is 703. The molecule has 2 aliphatic rings. The van der Waals surface area contributed by atoms with E-state index in [-0.39, 0.29) is 5.60 Å². The monoisotopic (exact) mass is 307 g/mol. The number of ether oxygens (including phenoxy) is 2. The molecule has 118 valence electrons. The topological polar surface area (TPSA) is 30.5 Å². The number of nitrogens with one attached hydrogen (secondary N) is 1. The van der Waals surface area contributed by atoms with Gasteiger partial charge in [-0.2, -0.15) is 0 Å². The lowest BCUT2D eigenvalue weighted by atomic mass is 9.89. The zero-order valence-corrected chi connectivity index (χ0v) is 13.1. The van der Waals surface area contributed by atoms with Gasteiger partial charge in [-0.1, -0.05) is 36.4 Å². The molecule has 4 rings (SSSR count). The molecular formula is C20H21NO2. The summed E-state index contributed by atoms with van der Waals surface area (Å²) in [6.07, 6.45) is 6.45. The summed E-state index contributed by atoms with van der Waals surface area (Å²) in [5.74, 6) is 1.84. The Hall–Kier alpha value is -2.26. The summed E-state index contributed by atoms with van der Waals surface area (Å²) in [5.41, 5.74) is 2.15. The molecule has 0 amide bonds. The highest BCUT2D eigenvalue weighted by Gasteiger charge is 2.34. The normalized spacial score (nSPS) is 18.3. The van der Waals surface area contributed by atoms with Gasteiger partial charge in [0.05, 0.1) is 0 Å². The third kappa shape index (κ3) is 3.10. The summed E-state index contributed by atoms with van der Waals surface area (Å²) in [4.78, 5) is 0. The molecule has 1 fully saturated rings. The fourth-order valence-electron chi connectivity index (χ4n) is 3.19. The smallest absolute Gasteiger partial charge is 0.130 e. The van der Waals surface area contributed by atoms with E-state index >= 15 is 0 Å². The predicted octanol–water partition coefficient (Wildman–Crippen LogP) is 3.79. The number of piperidine rings is 1. The molecule has 0 radical (unpaired) electrons. The summed E-state index contributed by atoms with van der Waals surface area (Å²) >= 11 is 0. The Kier molecular flexibility index (Phi) is 3.80. The van der Waals surface area contributed by atoms with Crippen molar-refractivity contribution in [1.29, 1.82) is 0 Å². The van der Waals surface area contributed by atoms with Crippen LogP contribution in [0, 0.1) is 0 Å². The number of hydrogen-bond donors (Lipinski definition) is 1. The minimum Gasteiger partial charge on any atom is -0.489 e. The van der Waals surface area contributed by atoms with Crippen LogP contribution >= 0.6 is 0 Å². The third-order valence-electron chi connectivity index (χ3n) is 4.56. The maximum atomic E-state index is 6.30. The first-order valence-electron chi connectivity index (χ1n) is 8.23. The van der Waals surface area contributed by atoms with Crippen LogP contribution in [0.1, 0.15) is 24.0 Å². The van der Waals surface area contributed by atoms with Gasteiger partial charge in [-0.3, -0.25) is 0 Å². The van der Waals surface area contributed by atoms with E-state index in [0.717, 1.165) is 43.0 Å². The second kappa shape index (κ2) is 6.09. The predicted molar refractivity (Wildman–Crippen MR) is 91.7 cm³/mol. The second-order valence-corrected chi connectivity index (χ2v) is 6.22. The van der Waals surface area contributed by atoms with E-state index in [1.165, 1.54) is 5.56 Å². The summed E-state index contributed by atoms with van der Waals surface area (Å²) in [7, 11) is 0. The molecule has 2 aromatic carbocycles. The average Bonchev–Trinajstić information content (AvgIpc) is 2.61. The molecule has 0 aliphatic carbocycles. The van der Waals surface area contributed by atoms with E-state index in [1.54, 1.807) is 0 Å². The molecule has 23 heavy (non-hydrogen) atoms. The zero-order valence-electron chi connectivity index (χ0n) is 13.1. The van der Waals surface area contributed by atoms with Crippen LogP contribution in [0.3, 0.4) is 0 Å². The van der Waals surface area contributed by atoms with Gasteiger partial charge < -0.3 is 14.8 Å². The van der Waals surface area contributed by atoms with Crippen LogP contribution in [0.4, 0.5) is 0 Å². The van der Waals surface area contributed by atoms with E-state index in [0.29, 0.717) is 6.61 Å². The van der Waals surface area contributed by atoms with Crippen LogP contribution in [-0.4, -0.2) is 18.7 Å². The molecular weight excluding hydrogens is 286 g/mol. The minimum atomic E-state index is -0.120. The van der Waals surface area contributed by atoms with Crippen molar-refractivity contribution in [1.82, 2.24) is 5.32 Å². The lowest BCUT2D eigenvalue weighted by Crippen LogP contribution is -2.45. The van der Waals surface area contributed by atoms with Crippen molar-refractivity contribution in [2.45, 2.75) is 25.0 Å². The molecule has 2 aliphatic heterocycles. The van der Waals surface area contributed by atoms with Crippen LogP contribution in [-0.2, 0) is 6.61 Å². The van der Waals surface area contributed by atoms with E-state index in [9.17, 15) is 0 Å². The molecule has 1 spiro atoms. The summed E-state index contributed by atoms with van der Waals surface area (Å²) in [5, 5.41) is 3.39. The molecule has 3 heteroatoms. The Labute approximate surface area is 136 Å². The van der Waals surface area contributed by atoms with Crippen LogP contribution in [0.15, 0.2) is 54.6 Å². The SMILES string of the molecule is C1=CC2(CCNCC2)Oc2ccc(OCc3ccccc3)cc21. The minimum absolute atomic E-state index is 0.120. The lowest BCUT2D eigenvalue weighted by molar-refractivity contribution is 0.0822. The molecule has 3 nitrogen and oxygen atoms in total. The molecule has 0 atom stereocenters. The standard InChI is InChI=1S/C20H21NO2/c1-2-4-16(5-3-1)15-22-18-6-7-19-17(14-18)8-9-20(23-19)10-12-21-13-11-20/h1-9,14,21H,10-13,15H2. The molecule has 2 heterocycles. The highest BCUT2D eigenvalue weighted by atomic mass is 16.5. The summed E-state index contributed by atoms with van der Waals surface area (Å²) < 4.78 is 12.2. The fraction of sp³-hybridized carbons (Fsp3) is 0.300. The Morgan fingerprint density at radius 2 is 1.87 bits per heavy atom. The van der Waals surface area contributed by atoms with Crippen LogP contribution in [0.5, 0.6) is 11.5 Å². The van der Waals surface area contributed by atoms with Crippen molar-refractivity contribution in [3.05, 3.63) is 65.7 Å². The Morgan fingerprint density at radius 3 is 2.70 bits per heavy atom. The molecule has 0 aromatic heterocycles. The molecule has 0 bridgehead atoms. The van der Waals surface area contributed by atoms with Crippen LogP contribution in [0.2, 0.25) is 0 Å². The first kappa shape index (κ1) is 14.3. The first-order valence-corrected chi connectivity index (χ1v) is 8.23. The van der Waals surface area contributed by atoms with E-state index in [2.05, 4.69) is 35.7 Å². The lowest BCUT2D eigenvalue weighted by Gasteiger charge is -2.38. The summed E-state index contributed by atoms with van der Waals surface area (Å²) in [6.45, 7) is 2.61. The number of fused-ring (bicyclic) bond motifs is 1. The molecule has 2 aromatic rings. The van der Waals surface area contributed by atoms with Gasteiger partial charge in [0, 0.05) is 18.4 Å². The number of rotatable bonds is 3.